The van der Waals surface area contributed by atoms with Crippen molar-refractivity contribution in [3.8, 4) is 0 Å². The van der Waals surface area contributed by atoms with E-state index in [1.54, 1.807) is 0 Å². The zero-order chi connectivity index (χ0) is 11.7. The van der Waals surface area contributed by atoms with Crippen LogP contribution in [0, 0.1) is 6.92 Å². The molecule has 0 saturated carbocycles. The lowest BCUT2D eigenvalue weighted by molar-refractivity contribution is -0.0665. The normalized spacial score (nSPS) is 14.2. The molecule has 0 aromatic carbocycles. The summed E-state index contributed by atoms with van der Waals surface area (Å²) in [5, 5.41) is 0. The van der Waals surface area contributed by atoms with E-state index >= 15 is 0 Å². The zero-order valence-corrected chi connectivity index (χ0v) is 11.1. The fraction of sp³-hybridized carbons (Fsp3) is 0.929. The van der Waals surface area contributed by atoms with Crippen LogP contribution in [0.3, 0.4) is 0 Å². The Hall–Kier alpha value is -0.0400. The van der Waals surface area contributed by atoms with Crippen LogP contribution in [0.2, 0.25) is 0 Å². The van der Waals surface area contributed by atoms with Crippen molar-refractivity contribution in [2.75, 3.05) is 0 Å². The van der Waals surface area contributed by atoms with Gasteiger partial charge in [0, 0.05) is 0 Å². The second-order valence-electron chi connectivity index (χ2n) is 5.34. The van der Waals surface area contributed by atoms with Gasteiger partial charge in [0.1, 0.15) is 0 Å². The van der Waals surface area contributed by atoms with E-state index in [2.05, 4.69) is 34.6 Å². The van der Waals surface area contributed by atoms with Gasteiger partial charge in [0.2, 0.25) is 0 Å². The lowest BCUT2D eigenvalue weighted by atomic mass is 10.0. The molecule has 0 amide bonds. The smallest absolute Gasteiger partial charge is 0.0602 e. The van der Waals surface area contributed by atoms with Crippen LogP contribution in [0.5, 0.6) is 0 Å². The van der Waals surface area contributed by atoms with Gasteiger partial charge in [-0.25, -0.2) is 0 Å². The number of rotatable bonds is 8. The van der Waals surface area contributed by atoms with E-state index in [0.29, 0.717) is 6.10 Å². The molecule has 1 nitrogen and oxygen atoms in total. The predicted molar refractivity (Wildman–Crippen MR) is 68.0 cm³/mol. The molecule has 0 spiro atoms. The summed E-state index contributed by atoms with van der Waals surface area (Å²) in [6, 6.07) is 0. The highest BCUT2D eigenvalue weighted by atomic mass is 16.5. The quantitative estimate of drug-likeness (QED) is 0.528. The maximum absolute atomic E-state index is 6.02. The first-order valence-corrected chi connectivity index (χ1v) is 6.46. The van der Waals surface area contributed by atoms with Crippen molar-refractivity contribution < 1.29 is 4.74 Å². The van der Waals surface area contributed by atoms with E-state index in [1.807, 2.05) is 0 Å². The average Bonchev–Trinajstić information content (AvgIpc) is 2.10. The molecule has 0 aromatic heterocycles. The number of ether oxygens (including phenoxy) is 1. The molecule has 0 aromatic rings. The number of hydrogen-bond donors (Lipinski definition) is 0. The zero-order valence-electron chi connectivity index (χ0n) is 11.1. The maximum atomic E-state index is 6.02. The number of hydrogen-bond acceptors (Lipinski definition) is 1. The Kier molecular flexibility index (Phi) is 8.13. The lowest BCUT2D eigenvalue weighted by Crippen LogP contribution is -2.27. The number of unbranched alkanes of at least 4 members (excludes halogenated alkanes) is 3. The molecular formula is C14H29O. The molecule has 1 atom stereocenters. The highest BCUT2D eigenvalue weighted by molar-refractivity contribution is 4.67. The standard InChI is InChI=1S/C14H29O/c1-6-8-9-10-12-13(11-7-2)15-14(3,4)5/h13H,2,6-12H2,1,3-5H3. The van der Waals surface area contributed by atoms with E-state index in [4.69, 9.17) is 4.74 Å². The summed E-state index contributed by atoms with van der Waals surface area (Å²) in [7, 11) is 0. The molecule has 0 aliphatic heterocycles. The third kappa shape index (κ3) is 10.2. The SMILES string of the molecule is [CH2]CCC(CCCCCC)OC(C)(C)C. The van der Waals surface area contributed by atoms with Crippen molar-refractivity contribution in [2.45, 2.75) is 84.3 Å². The van der Waals surface area contributed by atoms with E-state index < -0.39 is 0 Å². The lowest BCUT2D eigenvalue weighted by Gasteiger charge is -2.27. The Morgan fingerprint density at radius 3 is 2.20 bits per heavy atom. The van der Waals surface area contributed by atoms with Gasteiger partial charge in [-0.05, 0) is 33.6 Å². The molecule has 1 heteroatoms. The Morgan fingerprint density at radius 1 is 1.07 bits per heavy atom. The molecule has 0 aliphatic carbocycles. The van der Waals surface area contributed by atoms with Crippen LogP contribution in [-0.4, -0.2) is 11.7 Å². The van der Waals surface area contributed by atoms with Gasteiger partial charge in [0.25, 0.3) is 0 Å². The first-order valence-electron chi connectivity index (χ1n) is 6.46. The van der Waals surface area contributed by atoms with Gasteiger partial charge >= 0.3 is 0 Å². The van der Waals surface area contributed by atoms with Crippen LogP contribution < -0.4 is 0 Å². The molecule has 1 radical (unpaired) electrons. The van der Waals surface area contributed by atoms with Crippen LogP contribution in [-0.2, 0) is 4.74 Å². The van der Waals surface area contributed by atoms with Crippen LogP contribution in [0.1, 0.15) is 72.6 Å². The Morgan fingerprint density at radius 2 is 1.73 bits per heavy atom. The largest absolute Gasteiger partial charge is 0.373 e. The molecule has 0 fully saturated rings. The summed E-state index contributed by atoms with van der Waals surface area (Å²) < 4.78 is 6.02. The molecule has 0 N–H and O–H groups in total. The van der Waals surface area contributed by atoms with Crippen molar-refractivity contribution in [2.24, 2.45) is 0 Å². The minimum Gasteiger partial charge on any atom is -0.373 e. The summed E-state index contributed by atoms with van der Waals surface area (Å²) in [6.07, 6.45) is 9.00. The average molecular weight is 213 g/mol. The van der Waals surface area contributed by atoms with E-state index in [-0.39, 0.29) is 5.60 Å². The van der Waals surface area contributed by atoms with Crippen molar-refractivity contribution in [1.82, 2.24) is 0 Å². The first-order chi connectivity index (χ1) is 6.99. The molecule has 1 unspecified atom stereocenters. The maximum Gasteiger partial charge on any atom is 0.0602 e. The molecular weight excluding hydrogens is 184 g/mol. The van der Waals surface area contributed by atoms with Gasteiger partial charge < -0.3 is 4.74 Å². The van der Waals surface area contributed by atoms with E-state index in [9.17, 15) is 0 Å². The van der Waals surface area contributed by atoms with Crippen molar-refractivity contribution in [1.29, 1.82) is 0 Å². The Bertz CT molecular complexity index is 135. The van der Waals surface area contributed by atoms with Crippen molar-refractivity contribution >= 4 is 0 Å². The molecule has 0 rings (SSSR count). The van der Waals surface area contributed by atoms with Gasteiger partial charge in [0.05, 0.1) is 11.7 Å². The summed E-state index contributed by atoms with van der Waals surface area (Å²) >= 11 is 0. The van der Waals surface area contributed by atoms with Gasteiger partial charge in [0.15, 0.2) is 0 Å². The highest BCUT2D eigenvalue weighted by Gasteiger charge is 2.17. The van der Waals surface area contributed by atoms with Crippen LogP contribution in [0.4, 0.5) is 0 Å². The summed E-state index contributed by atoms with van der Waals surface area (Å²) in [5.74, 6) is 0. The van der Waals surface area contributed by atoms with Crippen LogP contribution in [0.25, 0.3) is 0 Å². The second-order valence-corrected chi connectivity index (χ2v) is 5.34. The monoisotopic (exact) mass is 213 g/mol. The molecule has 91 valence electrons. The molecule has 0 saturated heterocycles. The first kappa shape index (κ1) is 15.0. The fourth-order valence-corrected chi connectivity index (χ4v) is 1.79. The highest BCUT2D eigenvalue weighted by Crippen LogP contribution is 2.19. The fourth-order valence-electron chi connectivity index (χ4n) is 1.79. The summed E-state index contributed by atoms with van der Waals surface area (Å²) in [5.41, 5.74) is -0.00933. The molecule has 15 heavy (non-hydrogen) atoms. The van der Waals surface area contributed by atoms with Gasteiger partial charge in [-0.3, -0.25) is 0 Å². The van der Waals surface area contributed by atoms with E-state index in [1.165, 1.54) is 32.1 Å². The molecule has 0 aliphatic rings. The van der Waals surface area contributed by atoms with Gasteiger partial charge in [-0.1, -0.05) is 46.0 Å². The predicted octanol–water partition coefficient (Wildman–Crippen LogP) is 4.75. The van der Waals surface area contributed by atoms with Crippen LogP contribution >= 0.6 is 0 Å². The topological polar surface area (TPSA) is 9.23 Å². The van der Waals surface area contributed by atoms with E-state index in [0.717, 1.165) is 12.8 Å². The summed E-state index contributed by atoms with van der Waals surface area (Å²) in [6.45, 7) is 12.6. The second kappa shape index (κ2) is 8.15. The molecule has 0 heterocycles. The minimum absolute atomic E-state index is 0.00933. The molecule has 0 bridgehead atoms. The van der Waals surface area contributed by atoms with Crippen molar-refractivity contribution in [3.05, 3.63) is 6.92 Å². The third-order valence-electron chi connectivity index (χ3n) is 2.43. The third-order valence-corrected chi connectivity index (χ3v) is 2.43. The van der Waals surface area contributed by atoms with Crippen LogP contribution in [0.15, 0.2) is 0 Å². The minimum atomic E-state index is -0.00933. The summed E-state index contributed by atoms with van der Waals surface area (Å²) in [4.78, 5) is 0. The Labute approximate surface area is 96.6 Å². The van der Waals surface area contributed by atoms with Gasteiger partial charge in [-0.15, -0.1) is 0 Å². The van der Waals surface area contributed by atoms with Gasteiger partial charge in [-0.2, -0.15) is 0 Å². The Balaban J connectivity index is 3.73. The van der Waals surface area contributed by atoms with Crippen molar-refractivity contribution in [3.63, 3.8) is 0 Å².